The van der Waals surface area contributed by atoms with Gasteiger partial charge in [0.25, 0.3) is 5.56 Å². The van der Waals surface area contributed by atoms with Crippen LogP contribution in [-0.4, -0.2) is 20.6 Å². The van der Waals surface area contributed by atoms with E-state index < -0.39 is 23.3 Å². The molecule has 0 saturated carbocycles. The Kier molecular flexibility index (Phi) is 4.84. The average Bonchev–Trinajstić information content (AvgIpc) is 2.64. The highest BCUT2D eigenvalue weighted by Crippen LogP contribution is 2.34. The predicted octanol–water partition coefficient (Wildman–Crippen LogP) is 3.57. The number of benzene rings is 2. The number of nitrogens with one attached hydrogen (secondary N) is 1. The second-order valence-corrected chi connectivity index (χ2v) is 6.28. The molecule has 0 radical (unpaired) electrons. The molecule has 3 aromatic rings. The summed E-state index contributed by atoms with van der Waals surface area (Å²) in [6, 6.07) is 7.69. The lowest BCUT2D eigenvalue weighted by Crippen LogP contribution is -2.22. The fraction of sp³-hybridized carbons (Fsp3) is 0.211. The topological polar surface area (TPSA) is 84.2 Å². The summed E-state index contributed by atoms with van der Waals surface area (Å²) < 4.78 is 41.8. The Balaban J connectivity index is 2.03. The molecule has 146 valence electrons. The molecular weight excluding hydrogens is 375 g/mol. The predicted molar refractivity (Wildman–Crippen MR) is 97.5 cm³/mol. The minimum absolute atomic E-state index is 0.0116. The summed E-state index contributed by atoms with van der Waals surface area (Å²) in [5, 5.41) is 11.8. The van der Waals surface area contributed by atoms with Crippen molar-refractivity contribution in [3.05, 3.63) is 69.3 Å². The number of aromatic carboxylic acids is 1. The zero-order chi connectivity index (χ0) is 20.6. The average molecular weight is 391 g/mol. The molecule has 9 heteroatoms. The van der Waals surface area contributed by atoms with Gasteiger partial charge in [-0.3, -0.25) is 9.36 Å². The van der Waals surface area contributed by atoms with E-state index in [2.05, 4.69) is 10.3 Å². The Labute approximate surface area is 157 Å². The van der Waals surface area contributed by atoms with Gasteiger partial charge in [0.15, 0.2) is 0 Å². The number of carboxylic acids is 1. The molecule has 1 heterocycles. The van der Waals surface area contributed by atoms with E-state index in [4.69, 9.17) is 5.11 Å². The standard InChI is InChI=1S/C19H16F3N3O3/c1-10-24-16-8-15(19(20,21)22)12(7-14(16)17(26)25(10)2)9-23-13-5-3-11(4-6-13)18(27)28/h3-8,23H,9H2,1-2H3,(H,27,28). The van der Waals surface area contributed by atoms with Crippen LogP contribution in [0.5, 0.6) is 0 Å². The number of aromatic nitrogens is 2. The van der Waals surface area contributed by atoms with Gasteiger partial charge in [0.2, 0.25) is 0 Å². The normalized spacial score (nSPS) is 11.6. The van der Waals surface area contributed by atoms with Crippen LogP contribution in [-0.2, 0) is 19.8 Å². The van der Waals surface area contributed by atoms with Gasteiger partial charge in [-0.05, 0) is 48.9 Å². The van der Waals surface area contributed by atoms with Crippen molar-refractivity contribution >= 4 is 22.6 Å². The SMILES string of the molecule is Cc1nc2cc(C(F)(F)F)c(CNc3ccc(C(=O)O)cc3)cc2c(=O)n1C. The molecule has 2 N–H and O–H groups in total. The van der Waals surface area contributed by atoms with Gasteiger partial charge in [-0.2, -0.15) is 13.2 Å². The number of nitrogens with zero attached hydrogens (tertiary/aromatic N) is 2. The van der Waals surface area contributed by atoms with Crippen LogP contribution in [0.15, 0.2) is 41.2 Å². The van der Waals surface area contributed by atoms with E-state index in [1.807, 2.05) is 0 Å². The number of hydrogen-bond acceptors (Lipinski definition) is 4. The lowest BCUT2D eigenvalue weighted by Gasteiger charge is -2.16. The van der Waals surface area contributed by atoms with Crippen molar-refractivity contribution in [2.45, 2.75) is 19.6 Å². The van der Waals surface area contributed by atoms with Crippen molar-refractivity contribution < 1.29 is 23.1 Å². The maximum absolute atomic E-state index is 13.5. The molecular formula is C19H16F3N3O3. The molecule has 1 aromatic heterocycles. The van der Waals surface area contributed by atoms with Crippen molar-refractivity contribution in [1.29, 1.82) is 0 Å². The quantitative estimate of drug-likeness (QED) is 0.710. The highest BCUT2D eigenvalue weighted by atomic mass is 19.4. The lowest BCUT2D eigenvalue weighted by atomic mass is 10.0. The number of aryl methyl sites for hydroxylation is 1. The minimum atomic E-state index is -4.62. The van der Waals surface area contributed by atoms with Crippen LogP contribution in [0.25, 0.3) is 10.9 Å². The molecule has 6 nitrogen and oxygen atoms in total. The number of fused-ring (bicyclic) bond motifs is 1. The van der Waals surface area contributed by atoms with E-state index in [0.29, 0.717) is 11.5 Å². The van der Waals surface area contributed by atoms with Gasteiger partial charge in [-0.25, -0.2) is 9.78 Å². The molecule has 28 heavy (non-hydrogen) atoms. The highest BCUT2D eigenvalue weighted by molar-refractivity contribution is 5.88. The van der Waals surface area contributed by atoms with Crippen LogP contribution >= 0.6 is 0 Å². The summed E-state index contributed by atoms with van der Waals surface area (Å²) in [5.74, 6) is -0.783. The molecule has 3 rings (SSSR count). The first kappa shape index (κ1) is 19.4. The number of anilines is 1. The zero-order valence-corrected chi connectivity index (χ0v) is 15.0. The van der Waals surface area contributed by atoms with Crippen molar-refractivity contribution in [3.63, 3.8) is 0 Å². The Morgan fingerprint density at radius 3 is 2.43 bits per heavy atom. The molecule has 0 unspecified atom stereocenters. The Bertz CT molecular complexity index is 1120. The van der Waals surface area contributed by atoms with E-state index in [1.54, 1.807) is 6.92 Å². The summed E-state index contributed by atoms with van der Waals surface area (Å²) in [4.78, 5) is 27.4. The number of halogens is 3. The van der Waals surface area contributed by atoms with Crippen molar-refractivity contribution in [3.8, 4) is 0 Å². The molecule has 0 aliphatic carbocycles. The molecule has 2 aromatic carbocycles. The van der Waals surface area contributed by atoms with Gasteiger partial charge < -0.3 is 10.4 Å². The van der Waals surface area contributed by atoms with E-state index in [0.717, 1.165) is 6.07 Å². The molecule has 0 aliphatic rings. The third kappa shape index (κ3) is 3.68. The second kappa shape index (κ2) is 6.99. The molecule has 0 atom stereocenters. The smallest absolute Gasteiger partial charge is 0.416 e. The first-order valence-corrected chi connectivity index (χ1v) is 8.22. The maximum Gasteiger partial charge on any atom is 0.416 e. The third-order valence-corrected chi connectivity index (χ3v) is 4.44. The van der Waals surface area contributed by atoms with E-state index >= 15 is 0 Å². The van der Waals surface area contributed by atoms with Gasteiger partial charge in [-0.1, -0.05) is 0 Å². The largest absolute Gasteiger partial charge is 0.478 e. The van der Waals surface area contributed by atoms with Gasteiger partial charge >= 0.3 is 12.1 Å². The highest BCUT2D eigenvalue weighted by Gasteiger charge is 2.34. The van der Waals surface area contributed by atoms with Crippen LogP contribution in [0.3, 0.4) is 0 Å². The van der Waals surface area contributed by atoms with Crippen molar-refractivity contribution in [2.75, 3.05) is 5.32 Å². The molecule has 0 amide bonds. The first-order chi connectivity index (χ1) is 13.1. The monoisotopic (exact) mass is 391 g/mol. The number of carboxylic acid groups (broad SMARTS) is 1. The van der Waals surface area contributed by atoms with Crippen LogP contribution in [0.1, 0.15) is 27.3 Å². The Morgan fingerprint density at radius 1 is 1.21 bits per heavy atom. The van der Waals surface area contributed by atoms with Gasteiger partial charge in [0, 0.05) is 19.3 Å². The number of alkyl halides is 3. The van der Waals surface area contributed by atoms with Crippen LogP contribution < -0.4 is 10.9 Å². The van der Waals surface area contributed by atoms with E-state index in [9.17, 15) is 22.8 Å². The summed E-state index contributed by atoms with van der Waals surface area (Å²) in [6.45, 7) is 1.35. The van der Waals surface area contributed by atoms with E-state index in [-0.39, 0.29) is 28.6 Å². The fourth-order valence-corrected chi connectivity index (χ4v) is 2.81. The van der Waals surface area contributed by atoms with E-state index in [1.165, 1.54) is 41.9 Å². The minimum Gasteiger partial charge on any atom is -0.478 e. The van der Waals surface area contributed by atoms with Crippen LogP contribution in [0.2, 0.25) is 0 Å². The fourth-order valence-electron chi connectivity index (χ4n) is 2.81. The summed E-state index contributed by atoms with van der Waals surface area (Å²) >= 11 is 0. The van der Waals surface area contributed by atoms with Crippen molar-refractivity contribution in [1.82, 2.24) is 9.55 Å². The molecule has 0 aliphatic heterocycles. The lowest BCUT2D eigenvalue weighted by molar-refractivity contribution is -0.138. The zero-order valence-electron chi connectivity index (χ0n) is 15.0. The first-order valence-electron chi connectivity index (χ1n) is 8.22. The molecule has 0 saturated heterocycles. The Morgan fingerprint density at radius 2 is 1.86 bits per heavy atom. The maximum atomic E-state index is 13.5. The molecule has 0 bridgehead atoms. The molecule has 0 spiro atoms. The second-order valence-electron chi connectivity index (χ2n) is 6.28. The van der Waals surface area contributed by atoms with Gasteiger partial charge in [0.05, 0.1) is 22.0 Å². The number of hydrogen-bond donors (Lipinski definition) is 2. The van der Waals surface area contributed by atoms with Crippen LogP contribution in [0.4, 0.5) is 18.9 Å². The third-order valence-electron chi connectivity index (χ3n) is 4.44. The summed E-state index contributed by atoms with van der Waals surface area (Å²) in [5.41, 5.74) is -0.907. The van der Waals surface area contributed by atoms with Gasteiger partial charge in [-0.15, -0.1) is 0 Å². The number of carbonyl (C=O) groups is 1. The summed E-state index contributed by atoms with van der Waals surface area (Å²) in [7, 11) is 1.50. The van der Waals surface area contributed by atoms with Crippen molar-refractivity contribution in [2.24, 2.45) is 7.05 Å². The van der Waals surface area contributed by atoms with Gasteiger partial charge in [0.1, 0.15) is 5.82 Å². The number of rotatable bonds is 4. The Hall–Kier alpha value is -3.36. The summed E-state index contributed by atoms with van der Waals surface area (Å²) in [6.07, 6.45) is -4.62. The van der Waals surface area contributed by atoms with Crippen LogP contribution in [0, 0.1) is 6.92 Å². The molecule has 0 fully saturated rings.